The molecule has 7 heteroatoms. The molecule has 0 amide bonds. The number of hydrogen-bond donors (Lipinski definition) is 1. The van der Waals surface area contributed by atoms with Crippen LogP contribution in [0.5, 0.6) is 5.75 Å². The van der Waals surface area contributed by atoms with Gasteiger partial charge in [-0.25, -0.2) is 4.98 Å². The van der Waals surface area contributed by atoms with E-state index in [-0.39, 0.29) is 5.75 Å². The van der Waals surface area contributed by atoms with E-state index >= 15 is 0 Å². The van der Waals surface area contributed by atoms with Gasteiger partial charge in [0.2, 0.25) is 5.13 Å². The van der Waals surface area contributed by atoms with Gasteiger partial charge in [-0.2, -0.15) is 0 Å². The molecule has 106 valence electrons. The monoisotopic (exact) mass is 354 g/mol. The normalized spacial score (nSPS) is 11.2. The van der Waals surface area contributed by atoms with E-state index in [0.717, 1.165) is 22.6 Å². The van der Waals surface area contributed by atoms with Gasteiger partial charge in [-0.05, 0) is 41.9 Å². The number of phenolic OH excluding ortho intramolecular Hbond substituents is 1. The molecule has 0 saturated heterocycles. The van der Waals surface area contributed by atoms with Crippen LogP contribution in [0.1, 0.15) is 13.8 Å². The molecule has 0 aliphatic heterocycles. The Hall–Kier alpha value is -1.47. The maximum Gasteiger partial charge on any atom is 0.230 e. The van der Waals surface area contributed by atoms with Gasteiger partial charge >= 0.3 is 0 Å². The van der Waals surface area contributed by atoms with Crippen LogP contribution in [0.4, 0.5) is 16.5 Å². The van der Waals surface area contributed by atoms with Crippen molar-refractivity contribution in [1.29, 1.82) is 0 Å². The third kappa shape index (κ3) is 3.55. The predicted molar refractivity (Wildman–Crippen MR) is 85.7 cm³/mol. The Morgan fingerprint density at radius 2 is 2.05 bits per heavy atom. The number of aromatic hydroxyl groups is 1. The van der Waals surface area contributed by atoms with Crippen molar-refractivity contribution >= 4 is 43.8 Å². The number of phenols is 1. The first-order valence-corrected chi connectivity index (χ1v) is 7.86. The van der Waals surface area contributed by atoms with Crippen LogP contribution in [0.2, 0.25) is 0 Å². The fraction of sp³-hybridized carbons (Fsp3) is 0.308. The maximum absolute atomic E-state index is 10.0. The lowest BCUT2D eigenvalue weighted by molar-refractivity contribution is 0.476. The molecule has 0 unspecified atom stereocenters. The zero-order valence-corrected chi connectivity index (χ0v) is 13.6. The summed E-state index contributed by atoms with van der Waals surface area (Å²) in [5.41, 5.74) is 1.41. The van der Waals surface area contributed by atoms with E-state index in [1.807, 2.05) is 6.07 Å². The summed E-state index contributed by atoms with van der Waals surface area (Å²) in [6, 6.07) is 5.40. The number of nitrogens with zero attached hydrogens (tertiary/aromatic N) is 4. The molecule has 0 saturated carbocycles. The number of azo groups is 1. The average molecular weight is 355 g/mol. The molecule has 0 spiro atoms. The first-order valence-electron chi connectivity index (χ1n) is 6.25. The first-order chi connectivity index (χ1) is 9.63. The molecule has 0 bridgehead atoms. The van der Waals surface area contributed by atoms with Crippen LogP contribution in [-0.2, 0) is 0 Å². The highest BCUT2D eigenvalue weighted by atomic mass is 79.9. The molecule has 1 heterocycles. The van der Waals surface area contributed by atoms with Gasteiger partial charge in [0.1, 0.15) is 11.4 Å². The van der Waals surface area contributed by atoms with Crippen LogP contribution >= 0.6 is 27.3 Å². The Morgan fingerprint density at radius 1 is 1.30 bits per heavy atom. The minimum Gasteiger partial charge on any atom is -0.506 e. The van der Waals surface area contributed by atoms with Gasteiger partial charge < -0.3 is 10.0 Å². The van der Waals surface area contributed by atoms with Crippen LogP contribution < -0.4 is 4.90 Å². The van der Waals surface area contributed by atoms with E-state index in [9.17, 15) is 5.11 Å². The molecule has 2 aromatic rings. The van der Waals surface area contributed by atoms with Crippen LogP contribution in [0, 0.1) is 0 Å². The number of halogens is 1. The molecule has 1 aromatic carbocycles. The molecule has 20 heavy (non-hydrogen) atoms. The van der Waals surface area contributed by atoms with E-state index in [1.54, 1.807) is 18.3 Å². The second-order valence-electron chi connectivity index (χ2n) is 3.99. The fourth-order valence-electron chi connectivity index (χ4n) is 1.77. The minimum atomic E-state index is 0.119. The summed E-state index contributed by atoms with van der Waals surface area (Å²) in [7, 11) is 0. The van der Waals surface area contributed by atoms with E-state index in [2.05, 4.69) is 49.9 Å². The number of aromatic nitrogens is 1. The van der Waals surface area contributed by atoms with Crippen LogP contribution in [0.3, 0.4) is 0 Å². The average Bonchev–Trinajstić information content (AvgIpc) is 2.85. The molecule has 2 rings (SSSR count). The Balaban J connectivity index is 2.19. The molecule has 0 fully saturated rings. The molecule has 1 N–H and O–H groups in total. The highest BCUT2D eigenvalue weighted by Crippen LogP contribution is 2.33. The first kappa shape index (κ1) is 14.9. The molecule has 5 nitrogen and oxygen atoms in total. The molecular weight excluding hydrogens is 340 g/mol. The largest absolute Gasteiger partial charge is 0.506 e. The lowest BCUT2D eigenvalue weighted by atomic mass is 10.2. The molecule has 0 aliphatic rings. The van der Waals surface area contributed by atoms with Crippen molar-refractivity contribution in [3.05, 3.63) is 28.2 Å². The third-order valence-corrected chi connectivity index (χ3v) is 4.16. The Labute approximate surface area is 130 Å². The summed E-state index contributed by atoms with van der Waals surface area (Å²) in [5.74, 6) is 0.119. The van der Waals surface area contributed by atoms with Crippen molar-refractivity contribution in [3.63, 3.8) is 0 Å². The van der Waals surface area contributed by atoms with E-state index < -0.39 is 0 Å². The van der Waals surface area contributed by atoms with Crippen molar-refractivity contribution in [2.75, 3.05) is 18.0 Å². The van der Waals surface area contributed by atoms with Gasteiger partial charge in [-0.3, -0.25) is 0 Å². The van der Waals surface area contributed by atoms with Gasteiger partial charge in [0, 0.05) is 24.8 Å². The summed E-state index contributed by atoms with van der Waals surface area (Å²) in [4.78, 5) is 6.21. The second-order valence-corrected chi connectivity index (χ2v) is 6.38. The number of thiazole rings is 1. The number of benzene rings is 1. The summed E-state index contributed by atoms with van der Waals surface area (Å²) < 4.78 is 0.896. The molecule has 0 aliphatic carbocycles. The summed E-state index contributed by atoms with van der Waals surface area (Å²) in [5, 5.41) is 18.6. The smallest absolute Gasteiger partial charge is 0.230 e. The SMILES string of the molecule is CCN(CC)c1ccc(N=Nc2ncc(Br)s2)c(O)c1. The Kier molecular flexibility index (Phi) is 5.08. The van der Waals surface area contributed by atoms with Crippen molar-refractivity contribution in [2.24, 2.45) is 10.2 Å². The Bertz CT molecular complexity index is 610. The lowest BCUT2D eigenvalue weighted by Gasteiger charge is -2.21. The molecule has 0 radical (unpaired) electrons. The van der Waals surface area contributed by atoms with Gasteiger partial charge in [0.05, 0.1) is 9.98 Å². The maximum atomic E-state index is 10.0. The minimum absolute atomic E-state index is 0.119. The van der Waals surface area contributed by atoms with E-state index in [4.69, 9.17) is 0 Å². The van der Waals surface area contributed by atoms with Crippen LogP contribution in [0.15, 0.2) is 38.4 Å². The van der Waals surface area contributed by atoms with Crippen molar-refractivity contribution in [3.8, 4) is 5.75 Å². The van der Waals surface area contributed by atoms with Crippen LogP contribution in [-0.4, -0.2) is 23.2 Å². The van der Waals surface area contributed by atoms with Gasteiger partial charge in [0.15, 0.2) is 0 Å². The summed E-state index contributed by atoms with van der Waals surface area (Å²) >= 11 is 4.70. The van der Waals surface area contributed by atoms with Crippen molar-refractivity contribution < 1.29 is 5.11 Å². The topological polar surface area (TPSA) is 61.1 Å². The van der Waals surface area contributed by atoms with Crippen molar-refractivity contribution in [1.82, 2.24) is 4.98 Å². The zero-order valence-electron chi connectivity index (χ0n) is 11.2. The second kappa shape index (κ2) is 6.81. The highest BCUT2D eigenvalue weighted by Gasteiger charge is 2.06. The lowest BCUT2D eigenvalue weighted by Crippen LogP contribution is -2.21. The summed E-state index contributed by atoms with van der Waals surface area (Å²) in [6.07, 6.45) is 1.67. The fourth-order valence-corrected chi connectivity index (χ4v) is 2.77. The number of rotatable bonds is 5. The van der Waals surface area contributed by atoms with Gasteiger partial charge in [-0.15, -0.1) is 10.2 Å². The molecule has 1 aromatic heterocycles. The number of anilines is 1. The van der Waals surface area contributed by atoms with E-state index in [0.29, 0.717) is 10.8 Å². The molecule has 0 atom stereocenters. The highest BCUT2D eigenvalue weighted by molar-refractivity contribution is 9.11. The van der Waals surface area contributed by atoms with E-state index in [1.165, 1.54) is 11.3 Å². The van der Waals surface area contributed by atoms with Crippen LogP contribution in [0.25, 0.3) is 0 Å². The van der Waals surface area contributed by atoms with Crippen molar-refractivity contribution in [2.45, 2.75) is 13.8 Å². The zero-order chi connectivity index (χ0) is 14.5. The molecular formula is C13H15BrN4OS. The quantitative estimate of drug-likeness (QED) is 0.778. The van der Waals surface area contributed by atoms with Gasteiger partial charge in [0.25, 0.3) is 0 Å². The third-order valence-electron chi connectivity index (χ3n) is 2.80. The van der Waals surface area contributed by atoms with Gasteiger partial charge in [-0.1, -0.05) is 11.3 Å². The standard InChI is InChI=1S/C13H15BrN4OS/c1-3-18(4-2)9-5-6-10(11(19)7-9)16-17-13-15-8-12(14)20-13/h5-8,19H,3-4H2,1-2H3. The summed E-state index contributed by atoms with van der Waals surface area (Å²) in [6.45, 7) is 5.94. The number of hydrogen-bond acceptors (Lipinski definition) is 6. The predicted octanol–water partition coefficient (Wildman–Crippen LogP) is 4.87. The Morgan fingerprint density at radius 3 is 2.60 bits per heavy atom.